The van der Waals surface area contributed by atoms with Crippen molar-refractivity contribution in [1.82, 2.24) is 0 Å². The number of carbonyl (C=O) groups excluding carboxylic acids is 2. The second kappa shape index (κ2) is 9.85. The number of cyclic esters (lactones) is 2. The van der Waals surface area contributed by atoms with Crippen LogP contribution in [0, 0.1) is 0 Å². The first-order valence-electron chi connectivity index (χ1n) is 4.22. The van der Waals surface area contributed by atoms with Crippen LogP contribution in [0.2, 0.25) is 0 Å². The number of phosphoric acid groups is 1. The molecule has 106 valence electrons. The van der Waals surface area contributed by atoms with Crippen molar-refractivity contribution in [1.29, 1.82) is 0 Å². The van der Waals surface area contributed by atoms with Crippen LogP contribution in [0.1, 0.15) is 0 Å². The van der Waals surface area contributed by atoms with E-state index < -0.39 is 25.9 Å². The number of hydrogen-bond donors (Lipinski definition) is 6. The van der Waals surface area contributed by atoms with E-state index in [1.807, 2.05) is 0 Å². The average molecular weight is 288 g/mol. The van der Waals surface area contributed by atoms with Crippen molar-refractivity contribution < 1.29 is 48.9 Å². The summed E-state index contributed by atoms with van der Waals surface area (Å²) in [6.45, 7) is -0.729. The molecular formula is C7H13O10P. The van der Waals surface area contributed by atoms with Gasteiger partial charge in [-0.1, -0.05) is 0 Å². The predicted octanol–water partition coefficient (Wildman–Crippen LogP) is -2.97. The molecule has 0 fully saturated rings. The Kier molecular flexibility index (Phi) is 10.5. The Morgan fingerprint density at radius 3 is 1.39 bits per heavy atom. The molecule has 0 amide bonds. The molecule has 0 saturated carbocycles. The Bertz CT molecular complexity index is 303. The van der Waals surface area contributed by atoms with E-state index in [-0.39, 0.29) is 13.2 Å². The molecule has 0 aromatic rings. The Morgan fingerprint density at radius 1 is 1.06 bits per heavy atom. The van der Waals surface area contributed by atoms with Crippen LogP contribution in [-0.2, 0) is 18.9 Å². The molecule has 0 aliphatic carbocycles. The summed E-state index contributed by atoms with van der Waals surface area (Å²) in [6, 6.07) is 0. The Hall–Kier alpha value is -1.13. The largest absolute Gasteiger partial charge is 0.466 e. The van der Waals surface area contributed by atoms with Crippen molar-refractivity contribution >= 4 is 19.8 Å². The minimum Gasteiger partial charge on any atom is -0.394 e. The summed E-state index contributed by atoms with van der Waals surface area (Å²) in [5.41, 5.74) is 0. The molecule has 1 aliphatic rings. The van der Waals surface area contributed by atoms with Crippen LogP contribution < -0.4 is 0 Å². The maximum Gasteiger partial charge on any atom is 0.466 e. The zero-order valence-electron chi connectivity index (χ0n) is 8.91. The highest BCUT2D eigenvalue weighted by atomic mass is 31.2. The Morgan fingerprint density at radius 2 is 1.33 bits per heavy atom. The van der Waals surface area contributed by atoms with Crippen LogP contribution in [0.4, 0.5) is 0 Å². The molecule has 1 aliphatic heterocycles. The van der Waals surface area contributed by atoms with E-state index in [4.69, 9.17) is 34.6 Å². The summed E-state index contributed by atoms with van der Waals surface area (Å²) < 4.78 is 12.9. The first-order valence-corrected chi connectivity index (χ1v) is 5.78. The van der Waals surface area contributed by atoms with Crippen LogP contribution in [0.25, 0.3) is 0 Å². The number of ether oxygens (including phenoxy) is 1. The summed E-state index contributed by atoms with van der Waals surface area (Å²) in [7, 11) is -4.64. The van der Waals surface area contributed by atoms with Gasteiger partial charge in [0.05, 0.1) is 13.2 Å². The topological polar surface area (TPSA) is 182 Å². The second-order valence-electron chi connectivity index (χ2n) is 2.61. The van der Waals surface area contributed by atoms with Gasteiger partial charge in [0, 0.05) is 12.2 Å². The highest BCUT2D eigenvalue weighted by Gasteiger charge is 2.10. The third kappa shape index (κ3) is 20.3. The lowest BCUT2D eigenvalue weighted by molar-refractivity contribution is -0.150. The summed E-state index contributed by atoms with van der Waals surface area (Å²) in [5.74, 6) is -1.16. The third-order valence-electron chi connectivity index (χ3n) is 0.978. The van der Waals surface area contributed by atoms with E-state index in [1.54, 1.807) is 0 Å². The average Bonchev–Trinajstić information content (AvgIpc) is 2.59. The zero-order valence-corrected chi connectivity index (χ0v) is 9.80. The lowest BCUT2D eigenvalue weighted by Crippen LogP contribution is -2.15. The smallest absolute Gasteiger partial charge is 0.394 e. The fourth-order valence-corrected chi connectivity index (χ4v) is 0.361. The van der Waals surface area contributed by atoms with Gasteiger partial charge in [-0.05, 0) is 0 Å². The van der Waals surface area contributed by atoms with E-state index in [1.165, 1.54) is 0 Å². The fraction of sp³-hybridized carbons (Fsp3) is 0.429. The third-order valence-corrected chi connectivity index (χ3v) is 0.978. The molecule has 6 N–H and O–H groups in total. The molecule has 0 saturated heterocycles. The monoisotopic (exact) mass is 288 g/mol. The van der Waals surface area contributed by atoms with Gasteiger partial charge in [-0.3, -0.25) is 0 Å². The molecule has 0 spiro atoms. The standard InChI is InChI=1S/C4H2O3.C3H8O3.H3O4P/c5-3-1-2-4(6)7-3;4-1-3(6)2-5;1-5(2,3)4/h1-2H;3-6H,1-2H2;(H3,1,2,3,4). The number of aliphatic hydroxyl groups is 3. The van der Waals surface area contributed by atoms with Gasteiger partial charge in [-0.2, -0.15) is 0 Å². The minimum atomic E-state index is -4.64. The molecule has 0 atom stereocenters. The van der Waals surface area contributed by atoms with Crippen molar-refractivity contribution in [3.05, 3.63) is 12.2 Å². The fourth-order valence-electron chi connectivity index (χ4n) is 0.361. The van der Waals surface area contributed by atoms with Crippen LogP contribution in [0.3, 0.4) is 0 Å². The van der Waals surface area contributed by atoms with Crippen LogP contribution in [-0.4, -0.2) is 61.3 Å². The number of rotatable bonds is 2. The van der Waals surface area contributed by atoms with Crippen molar-refractivity contribution in [2.75, 3.05) is 13.2 Å². The molecule has 0 unspecified atom stereocenters. The van der Waals surface area contributed by atoms with Crippen LogP contribution in [0.15, 0.2) is 12.2 Å². The SMILES string of the molecule is O=C1C=CC(=O)O1.O=P(O)(O)O.OCC(O)CO. The van der Waals surface area contributed by atoms with Gasteiger partial charge in [-0.15, -0.1) is 0 Å². The highest BCUT2D eigenvalue weighted by Crippen LogP contribution is 2.25. The molecule has 1 heterocycles. The molecule has 18 heavy (non-hydrogen) atoms. The molecule has 1 rings (SSSR count). The molecule has 0 radical (unpaired) electrons. The quantitative estimate of drug-likeness (QED) is 0.174. The van der Waals surface area contributed by atoms with Gasteiger partial charge in [0.1, 0.15) is 6.10 Å². The second-order valence-corrected chi connectivity index (χ2v) is 3.63. The maximum atomic E-state index is 9.92. The van der Waals surface area contributed by atoms with Gasteiger partial charge in [0.15, 0.2) is 0 Å². The van der Waals surface area contributed by atoms with Crippen molar-refractivity contribution in [2.45, 2.75) is 6.10 Å². The molecule has 0 bridgehead atoms. The molecular weight excluding hydrogens is 275 g/mol. The lowest BCUT2D eigenvalue weighted by atomic mass is 10.4. The molecule has 0 aromatic carbocycles. The number of carbonyl (C=O) groups is 2. The maximum absolute atomic E-state index is 9.92. The van der Waals surface area contributed by atoms with Crippen molar-refractivity contribution in [3.8, 4) is 0 Å². The van der Waals surface area contributed by atoms with Crippen molar-refractivity contribution in [2.24, 2.45) is 0 Å². The number of hydrogen-bond acceptors (Lipinski definition) is 7. The first-order chi connectivity index (χ1) is 8.10. The van der Waals surface area contributed by atoms with Crippen LogP contribution >= 0.6 is 7.82 Å². The van der Waals surface area contributed by atoms with Crippen LogP contribution in [0.5, 0.6) is 0 Å². The number of esters is 2. The van der Waals surface area contributed by atoms with Gasteiger partial charge >= 0.3 is 19.8 Å². The van der Waals surface area contributed by atoms with E-state index in [9.17, 15) is 9.59 Å². The zero-order chi connectivity index (χ0) is 14.8. The predicted molar refractivity (Wildman–Crippen MR) is 54.7 cm³/mol. The van der Waals surface area contributed by atoms with Gasteiger partial charge in [0.25, 0.3) is 0 Å². The summed E-state index contributed by atoms with van der Waals surface area (Å²) in [4.78, 5) is 41.4. The Balaban J connectivity index is 0. The lowest BCUT2D eigenvalue weighted by Gasteiger charge is -1.96. The Labute approximate surface area is 101 Å². The van der Waals surface area contributed by atoms with E-state index >= 15 is 0 Å². The van der Waals surface area contributed by atoms with Gasteiger partial charge < -0.3 is 34.7 Å². The number of aliphatic hydroxyl groups excluding tert-OH is 3. The van der Waals surface area contributed by atoms with E-state index in [2.05, 4.69) is 4.74 Å². The van der Waals surface area contributed by atoms with E-state index in [0.717, 1.165) is 12.2 Å². The van der Waals surface area contributed by atoms with Crippen molar-refractivity contribution in [3.63, 3.8) is 0 Å². The normalized spacial score (nSPS) is 13.5. The summed E-state index contributed by atoms with van der Waals surface area (Å²) >= 11 is 0. The molecule has 10 nitrogen and oxygen atoms in total. The van der Waals surface area contributed by atoms with E-state index in [0.29, 0.717) is 0 Å². The summed E-state index contributed by atoms with van der Waals surface area (Å²) in [6.07, 6.45) is 1.22. The highest BCUT2D eigenvalue weighted by molar-refractivity contribution is 7.45. The van der Waals surface area contributed by atoms with Gasteiger partial charge in [0.2, 0.25) is 0 Å². The molecule has 11 heteroatoms. The van der Waals surface area contributed by atoms with Gasteiger partial charge in [-0.25, -0.2) is 14.2 Å². The minimum absolute atomic E-state index is 0.365. The summed E-state index contributed by atoms with van der Waals surface area (Å²) in [5, 5.41) is 24.0. The first kappa shape index (κ1) is 19.2. The molecule has 0 aromatic heterocycles.